The van der Waals surface area contributed by atoms with Crippen molar-refractivity contribution < 1.29 is 4.79 Å². The molecule has 0 saturated heterocycles. The molecule has 0 unspecified atom stereocenters. The zero-order valence-electron chi connectivity index (χ0n) is 11.0. The highest BCUT2D eigenvalue weighted by molar-refractivity contribution is 6.05. The average molecular weight is 258 g/mol. The summed E-state index contributed by atoms with van der Waals surface area (Å²) in [6.07, 6.45) is 4.04. The van der Waals surface area contributed by atoms with E-state index in [2.05, 4.69) is 10.2 Å². The maximum Gasteiger partial charge on any atom is 0.261 e. The van der Waals surface area contributed by atoms with Gasteiger partial charge >= 0.3 is 0 Å². The lowest BCUT2D eigenvalue weighted by Gasteiger charge is -2.21. The number of hydrogen-bond acceptors (Lipinski definition) is 3. The first-order valence-electron chi connectivity index (χ1n) is 6.36. The summed E-state index contributed by atoms with van der Waals surface area (Å²) in [7, 11) is 0. The van der Waals surface area contributed by atoms with Gasteiger partial charge in [0.05, 0.1) is 11.8 Å². The maximum atomic E-state index is 12.4. The first kappa shape index (κ1) is 13.3. The molecule has 0 aliphatic carbocycles. The summed E-state index contributed by atoms with van der Waals surface area (Å²) in [6, 6.07) is 7.74. The standard InChI is InChI=1S/C14H18N4O/c1-2-7-18(14(19)12-9-16-17-10-12)13-5-3-11(8-15)4-6-13/h3-6,9-10H,2,7-8,15H2,1H3,(H,16,17). The van der Waals surface area contributed by atoms with Crippen molar-refractivity contribution in [2.75, 3.05) is 11.4 Å². The van der Waals surface area contributed by atoms with E-state index >= 15 is 0 Å². The van der Waals surface area contributed by atoms with Gasteiger partial charge < -0.3 is 10.6 Å². The normalized spacial score (nSPS) is 10.4. The predicted molar refractivity (Wildman–Crippen MR) is 74.9 cm³/mol. The lowest BCUT2D eigenvalue weighted by molar-refractivity contribution is 0.0987. The van der Waals surface area contributed by atoms with Crippen molar-refractivity contribution in [3.63, 3.8) is 0 Å². The molecule has 19 heavy (non-hydrogen) atoms. The molecule has 0 saturated carbocycles. The smallest absolute Gasteiger partial charge is 0.261 e. The maximum absolute atomic E-state index is 12.4. The molecular formula is C14H18N4O. The van der Waals surface area contributed by atoms with Gasteiger partial charge in [0.15, 0.2) is 0 Å². The minimum atomic E-state index is -0.0453. The number of nitrogens with zero attached hydrogens (tertiary/aromatic N) is 2. The van der Waals surface area contributed by atoms with E-state index in [0.29, 0.717) is 18.7 Å². The molecule has 1 aromatic carbocycles. The van der Waals surface area contributed by atoms with Gasteiger partial charge in [0.1, 0.15) is 0 Å². The van der Waals surface area contributed by atoms with Gasteiger partial charge in [-0.05, 0) is 24.1 Å². The highest BCUT2D eigenvalue weighted by atomic mass is 16.2. The Morgan fingerprint density at radius 1 is 1.37 bits per heavy atom. The van der Waals surface area contributed by atoms with Crippen molar-refractivity contribution in [1.29, 1.82) is 0 Å². The van der Waals surface area contributed by atoms with Gasteiger partial charge in [0.25, 0.3) is 5.91 Å². The third-order valence-electron chi connectivity index (χ3n) is 2.92. The molecule has 0 atom stereocenters. The summed E-state index contributed by atoms with van der Waals surface area (Å²) in [5.41, 5.74) is 8.08. The molecule has 0 spiro atoms. The molecule has 0 aliphatic rings. The number of nitrogens with one attached hydrogen (secondary N) is 1. The van der Waals surface area contributed by atoms with E-state index in [1.807, 2.05) is 31.2 Å². The molecule has 3 N–H and O–H groups in total. The molecule has 1 heterocycles. The van der Waals surface area contributed by atoms with E-state index in [-0.39, 0.29) is 5.91 Å². The van der Waals surface area contributed by atoms with Crippen molar-refractivity contribution in [2.24, 2.45) is 5.73 Å². The summed E-state index contributed by atoms with van der Waals surface area (Å²) >= 11 is 0. The van der Waals surface area contributed by atoms with Crippen LogP contribution in [0.1, 0.15) is 29.3 Å². The number of anilines is 1. The fourth-order valence-corrected chi connectivity index (χ4v) is 1.91. The molecule has 5 nitrogen and oxygen atoms in total. The average Bonchev–Trinajstić information content (AvgIpc) is 2.98. The zero-order chi connectivity index (χ0) is 13.7. The Hall–Kier alpha value is -2.14. The third kappa shape index (κ3) is 3.00. The van der Waals surface area contributed by atoms with E-state index in [0.717, 1.165) is 17.7 Å². The molecule has 2 aromatic rings. The van der Waals surface area contributed by atoms with Crippen molar-refractivity contribution in [3.05, 3.63) is 47.8 Å². The fourth-order valence-electron chi connectivity index (χ4n) is 1.91. The second kappa shape index (κ2) is 6.15. The monoisotopic (exact) mass is 258 g/mol. The van der Waals surface area contributed by atoms with Crippen molar-refractivity contribution in [1.82, 2.24) is 10.2 Å². The van der Waals surface area contributed by atoms with Crippen LogP contribution in [-0.2, 0) is 6.54 Å². The SMILES string of the molecule is CCCN(C(=O)c1cn[nH]c1)c1ccc(CN)cc1. The van der Waals surface area contributed by atoms with Gasteiger partial charge in [-0.25, -0.2) is 0 Å². The number of aromatic nitrogens is 2. The van der Waals surface area contributed by atoms with Crippen LogP contribution >= 0.6 is 0 Å². The number of aromatic amines is 1. The van der Waals surface area contributed by atoms with Gasteiger partial charge in [-0.1, -0.05) is 19.1 Å². The van der Waals surface area contributed by atoms with Gasteiger partial charge in [-0.3, -0.25) is 9.89 Å². The van der Waals surface area contributed by atoms with E-state index in [1.54, 1.807) is 17.3 Å². The van der Waals surface area contributed by atoms with Crippen LogP contribution in [0.3, 0.4) is 0 Å². The molecule has 2 rings (SSSR count). The topological polar surface area (TPSA) is 75.0 Å². The number of hydrogen-bond donors (Lipinski definition) is 2. The van der Waals surface area contributed by atoms with Crippen molar-refractivity contribution >= 4 is 11.6 Å². The molecule has 0 fully saturated rings. The number of carbonyl (C=O) groups excluding carboxylic acids is 1. The zero-order valence-corrected chi connectivity index (χ0v) is 11.0. The second-order valence-corrected chi connectivity index (χ2v) is 4.31. The number of benzene rings is 1. The Kier molecular flexibility index (Phi) is 4.30. The fraction of sp³-hybridized carbons (Fsp3) is 0.286. The van der Waals surface area contributed by atoms with Gasteiger partial charge in [-0.2, -0.15) is 5.10 Å². The number of rotatable bonds is 5. The summed E-state index contributed by atoms with van der Waals surface area (Å²) < 4.78 is 0. The van der Waals surface area contributed by atoms with Crippen LogP contribution in [0.5, 0.6) is 0 Å². The Labute approximate surface area is 112 Å². The number of carbonyl (C=O) groups is 1. The summed E-state index contributed by atoms with van der Waals surface area (Å²) in [4.78, 5) is 14.1. The van der Waals surface area contributed by atoms with Crippen LogP contribution in [-0.4, -0.2) is 22.6 Å². The highest BCUT2D eigenvalue weighted by Gasteiger charge is 2.17. The summed E-state index contributed by atoms with van der Waals surface area (Å²) in [6.45, 7) is 3.22. The van der Waals surface area contributed by atoms with Crippen LogP contribution < -0.4 is 10.6 Å². The Morgan fingerprint density at radius 3 is 2.63 bits per heavy atom. The highest BCUT2D eigenvalue weighted by Crippen LogP contribution is 2.18. The van der Waals surface area contributed by atoms with Crippen molar-refractivity contribution in [3.8, 4) is 0 Å². The summed E-state index contributed by atoms with van der Waals surface area (Å²) in [5, 5.41) is 6.48. The number of amides is 1. The van der Waals surface area contributed by atoms with Crippen molar-refractivity contribution in [2.45, 2.75) is 19.9 Å². The third-order valence-corrected chi connectivity index (χ3v) is 2.92. The van der Waals surface area contributed by atoms with Crippen LogP contribution in [0.15, 0.2) is 36.7 Å². The van der Waals surface area contributed by atoms with Crippen LogP contribution in [0.2, 0.25) is 0 Å². The molecule has 1 amide bonds. The van der Waals surface area contributed by atoms with E-state index in [1.165, 1.54) is 0 Å². The first-order chi connectivity index (χ1) is 9.26. The molecule has 0 aliphatic heterocycles. The molecular weight excluding hydrogens is 240 g/mol. The molecule has 1 aromatic heterocycles. The van der Waals surface area contributed by atoms with E-state index in [4.69, 9.17) is 5.73 Å². The van der Waals surface area contributed by atoms with Gasteiger partial charge in [0.2, 0.25) is 0 Å². The Bertz CT molecular complexity index is 519. The predicted octanol–water partition coefficient (Wildman–Crippen LogP) is 1.93. The second-order valence-electron chi connectivity index (χ2n) is 4.31. The largest absolute Gasteiger partial charge is 0.326 e. The Balaban J connectivity index is 2.26. The van der Waals surface area contributed by atoms with Crippen LogP contribution in [0.4, 0.5) is 5.69 Å². The van der Waals surface area contributed by atoms with Crippen LogP contribution in [0.25, 0.3) is 0 Å². The van der Waals surface area contributed by atoms with E-state index < -0.39 is 0 Å². The van der Waals surface area contributed by atoms with Crippen LogP contribution in [0, 0.1) is 0 Å². The molecule has 0 radical (unpaired) electrons. The minimum Gasteiger partial charge on any atom is -0.326 e. The van der Waals surface area contributed by atoms with Gasteiger partial charge in [0, 0.05) is 25.0 Å². The first-order valence-corrected chi connectivity index (χ1v) is 6.36. The lowest BCUT2D eigenvalue weighted by Crippen LogP contribution is -2.31. The molecule has 100 valence electrons. The minimum absolute atomic E-state index is 0.0453. The molecule has 5 heteroatoms. The molecule has 0 bridgehead atoms. The number of H-pyrrole nitrogens is 1. The quantitative estimate of drug-likeness (QED) is 0.860. The summed E-state index contributed by atoms with van der Waals surface area (Å²) in [5.74, 6) is -0.0453. The lowest BCUT2D eigenvalue weighted by atomic mass is 10.1. The van der Waals surface area contributed by atoms with E-state index in [9.17, 15) is 4.79 Å². The van der Waals surface area contributed by atoms with Gasteiger partial charge in [-0.15, -0.1) is 0 Å². The Morgan fingerprint density at radius 2 is 2.11 bits per heavy atom. The number of nitrogens with two attached hydrogens (primary N) is 1.